The van der Waals surface area contributed by atoms with Crippen molar-refractivity contribution in [2.45, 2.75) is 65.7 Å². The number of ketones is 2. The molecule has 0 aromatic rings. The zero-order chi connectivity index (χ0) is 15.9. The molecule has 120 valence electrons. The summed E-state index contributed by atoms with van der Waals surface area (Å²) >= 11 is 0. The smallest absolute Gasteiger partial charge is 0.165 e. The first-order chi connectivity index (χ1) is 10.2. The summed E-state index contributed by atoms with van der Waals surface area (Å²) in [6, 6.07) is 0. The summed E-state index contributed by atoms with van der Waals surface area (Å²) in [5.41, 5.74) is 0.690. The molecule has 0 N–H and O–H groups in total. The van der Waals surface area contributed by atoms with Crippen LogP contribution in [0.4, 0.5) is 0 Å². The highest BCUT2D eigenvalue weighted by molar-refractivity contribution is 6.08. The Morgan fingerprint density at radius 3 is 2.55 bits per heavy atom. The van der Waals surface area contributed by atoms with Crippen LogP contribution in [-0.2, 0) is 9.59 Å². The second-order valence-electron chi connectivity index (χ2n) is 9.45. The van der Waals surface area contributed by atoms with Crippen molar-refractivity contribution >= 4 is 11.6 Å². The Labute approximate surface area is 133 Å². The van der Waals surface area contributed by atoms with E-state index in [4.69, 9.17) is 0 Å². The van der Waals surface area contributed by atoms with Gasteiger partial charge in [-0.1, -0.05) is 33.8 Å². The van der Waals surface area contributed by atoms with Gasteiger partial charge in [-0.3, -0.25) is 9.59 Å². The fraction of sp³-hybridized carbons (Fsp3) is 0.800. The molecule has 22 heavy (non-hydrogen) atoms. The highest BCUT2D eigenvalue weighted by Gasteiger charge is 2.69. The highest BCUT2D eigenvalue weighted by Crippen LogP contribution is 2.70. The molecule has 0 unspecified atom stereocenters. The predicted molar refractivity (Wildman–Crippen MR) is 86.3 cm³/mol. The van der Waals surface area contributed by atoms with E-state index < -0.39 is 0 Å². The lowest BCUT2D eigenvalue weighted by atomic mass is 9.41. The average molecular weight is 300 g/mol. The van der Waals surface area contributed by atoms with E-state index >= 15 is 0 Å². The second-order valence-corrected chi connectivity index (χ2v) is 9.45. The molecule has 0 aromatic heterocycles. The van der Waals surface area contributed by atoms with E-state index in [0.29, 0.717) is 23.5 Å². The lowest BCUT2D eigenvalue weighted by molar-refractivity contribution is -0.171. The lowest BCUT2D eigenvalue weighted by Gasteiger charge is -2.62. The van der Waals surface area contributed by atoms with Crippen LogP contribution in [0.5, 0.6) is 0 Å². The van der Waals surface area contributed by atoms with Crippen molar-refractivity contribution in [3.63, 3.8) is 0 Å². The summed E-state index contributed by atoms with van der Waals surface area (Å²) in [6.45, 7) is 11.1. The Morgan fingerprint density at radius 2 is 1.82 bits per heavy atom. The molecule has 2 bridgehead atoms. The molecule has 0 amide bonds. The molecule has 0 heterocycles. The van der Waals surface area contributed by atoms with Crippen LogP contribution in [0.1, 0.15) is 65.7 Å². The van der Waals surface area contributed by atoms with Gasteiger partial charge in [0.05, 0.1) is 0 Å². The third-order valence-corrected chi connectivity index (χ3v) is 7.98. The minimum Gasteiger partial charge on any atom is -0.299 e. The molecule has 1 spiro atoms. The second kappa shape index (κ2) is 4.13. The Bertz CT molecular complexity index is 587. The lowest BCUT2D eigenvalue weighted by Crippen LogP contribution is -2.60. The molecule has 0 aliphatic heterocycles. The van der Waals surface area contributed by atoms with Gasteiger partial charge in [-0.25, -0.2) is 0 Å². The third-order valence-electron chi connectivity index (χ3n) is 7.98. The van der Waals surface area contributed by atoms with Crippen molar-refractivity contribution in [3.8, 4) is 0 Å². The van der Waals surface area contributed by atoms with Crippen molar-refractivity contribution in [3.05, 3.63) is 12.2 Å². The molecular weight excluding hydrogens is 272 g/mol. The summed E-state index contributed by atoms with van der Waals surface area (Å²) in [5, 5.41) is 0. The van der Waals surface area contributed by atoms with Gasteiger partial charge in [-0.05, 0) is 60.3 Å². The summed E-state index contributed by atoms with van der Waals surface area (Å²) in [7, 11) is 0. The fourth-order valence-electron chi connectivity index (χ4n) is 7.27. The monoisotopic (exact) mass is 300 g/mol. The van der Waals surface area contributed by atoms with Crippen LogP contribution in [-0.4, -0.2) is 11.6 Å². The molecule has 2 heteroatoms. The van der Waals surface area contributed by atoms with E-state index in [2.05, 4.69) is 27.4 Å². The van der Waals surface area contributed by atoms with Crippen LogP contribution in [0.25, 0.3) is 0 Å². The summed E-state index contributed by atoms with van der Waals surface area (Å²) in [6.07, 6.45) is 7.07. The largest absolute Gasteiger partial charge is 0.299 e. The number of carbonyl (C=O) groups is 2. The van der Waals surface area contributed by atoms with E-state index in [1.54, 1.807) is 0 Å². The van der Waals surface area contributed by atoms with Crippen molar-refractivity contribution in [2.75, 3.05) is 0 Å². The van der Waals surface area contributed by atoms with Crippen LogP contribution in [0.2, 0.25) is 0 Å². The van der Waals surface area contributed by atoms with Crippen LogP contribution in [0.15, 0.2) is 12.2 Å². The van der Waals surface area contributed by atoms with E-state index in [1.165, 1.54) is 12.8 Å². The molecule has 0 saturated heterocycles. The summed E-state index contributed by atoms with van der Waals surface area (Å²) in [5.74, 6) is 1.30. The van der Waals surface area contributed by atoms with Crippen LogP contribution in [0, 0.1) is 34.0 Å². The molecule has 4 aliphatic carbocycles. The maximum atomic E-state index is 13.1. The standard InChI is InChI=1S/C20H28O2/c1-12-13-10-14(21)16-19(4)8-5-7-18(2,3)15(19)6-9-20(16,11-13)17(12)22/h13,15-16H,1,5-11H2,2-4H3/t13-,15+,16-,19+,20+/m1/s1. The van der Waals surface area contributed by atoms with E-state index in [0.717, 1.165) is 31.3 Å². The zero-order valence-corrected chi connectivity index (χ0v) is 14.2. The number of hydrogen-bond acceptors (Lipinski definition) is 2. The molecule has 2 nitrogen and oxygen atoms in total. The number of fused-ring (bicyclic) bond motifs is 3. The zero-order valence-electron chi connectivity index (χ0n) is 14.2. The Kier molecular flexibility index (Phi) is 2.75. The third kappa shape index (κ3) is 1.52. The molecular formula is C20H28O2. The maximum Gasteiger partial charge on any atom is 0.165 e. The normalized spacial score (nSPS) is 49.8. The van der Waals surface area contributed by atoms with E-state index in [9.17, 15) is 9.59 Å². The first-order valence-corrected chi connectivity index (χ1v) is 8.99. The molecule has 4 fully saturated rings. The van der Waals surface area contributed by atoms with E-state index in [1.807, 2.05) is 0 Å². The molecule has 0 aromatic carbocycles. The summed E-state index contributed by atoms with van der Waals surface area (Å²) in [4.78, 5) is 26.1. The quantitative estimate of drug-likeness (QED) is 0.624. The van der Waals surface area contributed by atoms with Gasteiger partial charge >= 0.3 is 0 Å². The van der Waals surface area contributed by atoms with Crippen molar-refractivity contribution in [2.24, 2.45) is 34.0 Å². The highest BCUT2D eigenvalue weighted by atomic mass is 16.1. The number of hydrogen-bond donors (Lipinski definition) is 0. The Hall–Kier alpha value is -0.920. The van der Waals surface area contributed by atoms with E-state index in [-0.39, 0.29) is 28.4 Å². The molecule has 0 radical (unpaired) electrons. The van der Waals surface area contributed by atoms with Gasteiger partial charge in [-0.15, -0.1) is 0 Å². The maximum absolute atomic E-state index is 13.1. The minimum absolute atomic E-state index is 0.0162. The topological polar surface area (TPSA) is 34.1 Å². The van der Waals surface area contributed by atoms with Gasteiger partial charge in [0.15, 0.2) is 5.78 Å². The molecule has 4 rings (SSSR count). The SMILES string of the molecule is C=C1C(=O)[C@]23CC[C@H]4C(C)(C)CCC[C@]4(C)[C@H]2C(=O)C[C@@H]1C3. The number of Topliss-reactive ketones (excluding diaryl/α,β-unsaturated/α-hetero) is 2. The summed E-state index contributed by atoms with van der Waals surface area (Å²) < 4.78 is 0. The van der Waals surface area contributed by atoms with Crippen molar-refractivity contribution in [1.82, 2.24) is 0 Å². The van der Waals surface area contributed by atoms with Gasteiger partial charge < -0.3 is 0 Å². The van der Waals surface area contributed by atoms with Gasteiger partial charge in [0.2, 0.25) is 0 Å². The number of carbonyl (C=O) groups excluding carboxylic acids is 2. The van der Waals surface area contributed by atoms with Gasteiger partial charge in [0, 0.05) is 17.8 Å². The van der Waals surface area contributed by atoms with Crippen molar-refractivity contribution < 1.29 is 9.59 Å². The van der Waals surface area contributed by atoms with Crippen LogP contribution >= 0.6 is 0 Å². The number of rotatable bonds is 0. The Balaban J connectivity index is 1.85. The Morgan fingerprint density at radius 1 is 1.09 bits per heavy atom. The van der Waals surface area contributed by atoms with Gasteiger partial charge in [-0.2, -0.15) is 0 Å². The van der Waals surface area contributed by atoms with Gasteiger partial charge in [0.1, 0.15) is 5.78 Å². The predicted octanol–water partition coefficient (Wildman–Crippen LogP) is 4.33. The number of allylic oxidation sites excluding steroid dienone is 1. The first kappa shape index (κ1) is 14.7. The average Bonchev–Trinajstić information content (AvgIpc) is 2.59. The van der Waals surface area contributed by atoms with Gasteiger partial charge in [0.25, 0.3) is 0 Å². The molecule has 4 saturated carbocycles. The fourth-order valence-corrected chi connectivity index (χ4v) is 7.27. The first-order valence-electron chi connectivity index (χ1n) is 8.99. The molecule has 4 aliphatic rings. The van der Waals surface area contributed by atoms with Crippen molar-refractivity contribution in [1.29, 1.82) is 0 Å². The van der Waals surface area contributed by atoms with Crippen LogP contribution < -0.4 is 0 Å². The molecule has 5 atom stereocenters. The minimum atomic E-state index is -0.379. The van der Waals surface area contributed by atoms with Crippen LogP contribution in [0.3, 0.4) is 0 Å².